The van der Waals surface area contributed by atoms with Crippen LogP contribution in [0.1, 0.15) is 61.6 Å². The molecule has 6 nitrogen and oxygen atoms in total. The van der Waals surface area contributed by atoms with Gasteiger partial charge in [-0.1, -0.05) is 12.8 Å². The number of anilines is 2. The van der Waals surface area contributed by atoms with Gasteiger partial charge in [-0.3, -0.25) is 9.88 Å². The average molecular weight is 338 g/mol. The first-order valence-electron chi connectivity index (χ1n) is 9.36. The Morgan fingerprint density at radius 2 is 1.72 bits per heavy atom. The Kier molecular flexibility index (Phi) is 4.61. The molecule has 25 heavy (non-hydrogen) atoms. The maximum atomic E-state index is 4.84. The summed E-state index contributed by atoms with van der Waals surface area (Å²) in [7, 11) is 0. The normalized spacial score (nSPS) is 21.8. The lowest BCUT2D eigenvalue weighted by Gasteiger charge is -2.30. The predicted octanol–water partition coefficient (Wildman–Crippen LogP) is 3.71. The molecule has 6 heteroatoms. The van der Waals surface area contributed by atoms with E-state index >= 15 is 0 Å². The Morgan fingerprint density at radius 1 is 0.960 bits per heavy atom. The number of nitrogens with zero attached hydrogens (tertiary/aromatic N) is 5. The Labute approximate surface area is 149 Å². The second-order valence-electron chi connectivity index (χ2n) is 7.26. The first-order valence-corrected chi connectivity index (χ1v) is 9.36. The highest BCUT2D eigenvalue weighted by Gasteiger charge is 2.34. The van der Waals surface area contributed by atoms with E-state index < -0.39 is 0 Å². The molecule has 0 radical (unpaired) electrons. The van der Waals surface area contributed by atoms with Crippen molar-refractivity contribution in [2.24, 2.45) is 0 Å². The van der Waals surface area contributed by atoms with Gasteiger partial charge < -0.3 is 5.32 Å². The summed E-state index contributed by atoms with van der Waals surface area (Å²) in [6, 6.07) is 3.09. The highest BCUT2D eigenvalue weighted by molar-refractivity contribution is 5.46. The fourth-order valence-corrected chi connectivity index (χ4v) is 4.28. The minimum atomic E-state index is 0.400. The third-order valence-electron chi connectivity index (χ3n) is 5.30. The van der Waals surface area contributed by atoms with Crippen LogP contribution in [0.5, 0.6) is 0 Å². The summed E-state index contributed by atoms with van der Waals surface area (Å²) in [4.78, 5) is 20.8. The van der Waals surface area contributed by atoms with Gasteiger partial charge in [-0.2, -0.15) is 0 Å². The fraction of sp³-hybridized carbons (Fsp3) is 0.579. The van der Waals surface area contributed by atoms with E-state index in [-0.39, 0.29) is 0 Å². The van der Waals surface area contributed by atoms with Crippen LogP contribution in [-0.4, -0.2) is 37.4 Å². The molecule has 2 fully saturated rings. The molecule has 0 spiro atoms. The molecule has 0 bridgehead atoms. The van der Waals surface area contributed by atoms with Crippen molar-refractivity contribution in [1.82, 2.24) is 24.8 Å². The summed E-state index contributed by atoms with van der Waals surface area (Å²) in [6.07, 6.45) is 11.5. The van der Waals surface area contributed by atoms with Gasteiger partial charge in [0.25, 0.3) is 0 Å². The zero-order valence-electron chi connectivity index (χ0n) is 15.1. The number of rotatable bonds is 4. The van der Waals surface area contributed by atoms with Crippen molar-refractivity contribution in [3.63, 3.8) is 0 Å². The third-order valence-corrected chi connectivity index (χ3v) is 5.30. The van der Waals surface area contributed by atoms with E-state index in [0.29, 0.717) is 12.0 Å². The molecule has 1 N–H and O–H groups in total. The molecule has 1 saturated heterocycles. The van der Waals surface area contributed by atoms with Gasteiger partial charge >= 0.3 is 0 Å². The first-order chi connectivity index (χ1) is 12.2. The van der Waals surface area contributed by atoms with Crippen molar-refractivity contribution in [3.05, 3.63) is 35.5 Å². The van der Waals surface area contributed by atoms with E-state index in [1.165, 1.54) is 45.1 Å². The molecular weight excluding hydrogens is 312 g/mol. The lowest BCUT2D eigenvalue weighted by molar-refractivity contribution is 0.179. The van der Waals surface area contributed by atoms with E-state index in [1.54, 1.807) is 6.20 Å². The smallest absolute Gasteiger partial charge is 0.228 e. The highest BCUT2D eigenvalue weighted by Crippen LogP contribution is 2.37. The minimum absolute atomic E-state index is 0.400. The number of aryl methyl sites for hydroxylation is 2. The summed E-state index contributed by atoms with van der Waals surface area (Å²) in [5.41, 5.74) is 2.96. The molecule has 3 heterocycles. The summed E-state index contributed by atoms with van der Waals surface area (Å²) >= 11 is 0. The van der Waals surface area contributed by atoms with Gasteiger partial charge in [0, 0.05) is 17.4 Å². The van der Waals surface area contributed by atoms with Crippen LogP contribution in [0.3, 0.4) is 0 Å². The average Bonchev–Trinajstić information content (AvgIpc) is 3.25. The maximum absolute atomic E-state index is 4.84. The lowest BCUT2D eigenvalue weighted by atomic mass is 10.1. The number of hydrogen-bond acceptors (Lipinski definition) is 6. The van der Waals surface area contributed by atoms with Crippen molar-refractivity contribution in [2.75, 3.05) is 11.9 Å². The predicted molar refractivity (Wildman–Crippen MR) is 97.8 cm³/mol. The van der Waals surface area contributed by atoms with Gasteiger partial charge in [0.15, 0.2) is 5.82 Å². The summed E-state index contributed by atoms with van der Waals surface area (Å²) in [5.74, 6) is 1.31. The van der Waals surface area contributed by atoms with Gasteiger partial charge in [-0.05, 0) is 52.1 Å². The molecule has 2 aromatic heterocycles. The van der Waals surface area contributed by atoms with Crippen molar-refractivity contribution < 1.29 is 0 Å². The van der Waals surface area contributed by atoms with E-state index in [0.717, 1.165) is 28.9 Å². The SMILES string of the molecule is Cc1cc(C)nc(Nc2cncc(C3CCCN3C3CCCC3)n2)n1. The van der Waals surface area contributed by atoms with Crippen LogP contribution in [0.4, 0.5) is 11.8 Å². The van der Waals surface area contributed by atoms with Crippen LogP contribution in [0, 0.1) is 13.8 Å². The van der Waals surface area contributed by atoms with Gasteiger partial charge in [-0.15, -0.1) is 0 Å². The lowest BCUT2D eigenvalue weighted by Crippen LogP contribution is -2.33. The van der Waals surface area contributed by atoms with Crippen molar-refractivity contribution in [1.29, 1.82) is 0 Å². The first kappa shape index (κ1) is 16.4. The quantitative estimate of drug-likeness (QED) is 0.917. The monoisotopic (exact) mass is 338 g/mol. The van der Waals surface area contributed by atoms with Crippen molar-refractivity contribution in [2.45, 2.75) is 64.5 Å². The molecule has 1 saturated carbocycles. The Morgan fingerprint density at radius 3 is 2.48 bits per heavy atom. The van der Waals surface area contributed by atoms with E-state index in [9.17, 15) is 0 Å². The van der Waals surface area contributed by atoms with Crippen LogP contribution in [0.25, 0.3) is 0 Å². The molecule has 0 amide bonds. The Bertz CT molecular complexity index is 720. The van der Waals surface area contributed by atoms with Crippen LogP contribution >= 0.6 is 0 Å². The van der Waals surface area contributed by atoms with Crippen LogP contribution in [0.2, 0.25) is 0 Å². The number of nitrogens with one attached hydrogen (secondary N) is 1. The van der Waals surface area contributed by atoms with Gasteiger partial charge in [0.2, 0.25) is 5.95 Å². The standard InChI is InChI=1S/C19H26N6/c1-13-10-14(2)22-19(21-13)24-18-12-20-11-16(23-18)17-8-5-9-25(17)15-6-3-4-7-15/h10-12,15,17H,3-9H2,1-2H3,(H,21,22,23,24). The zero-order chi connectivity index (χ0) is 17.2. The molecule has 1 aliphatic heterocycles. The topological polar surface area (TPSA) is 66.8 Å². The third kappa shape index (κ3) is 3.63. The van der Waals surface area contributed by atoms with Crippen LogP contribution < -0.4 is 5.32 Å². The molecule has 0 aromatic carbocycles. The maximum Gasteiger partial charge on any atom is 0.228 e. The minimum Gasteiger partial charge on any atom is -0.307 e. The van der Waals surface area contributed by atoms with Gasteiger partial charge in [0.1, 0.15) is 0 Å². The Balaban J connectivity index is 1.54. The molecular formula is C19H26N6. The molecule has 2 aliphatic rings. The van der Waals surface area contributed by atoms with E-state index in [4.69, 9.17) is 4.98 Å². The molecule has 1 aliphatic carbocycles. The van der Waals surface area contributed by atoms with Crippen LogP contribution in [0.15, 0.2) is 18.5 Å². The fourth-order valence-electron chi connectivity index (χ4n) is 4.28. The number of likely N-dealkylation sites (tertiary alicyclic amines) is 1. The number of aromatic nitrogens is 4. The largest absolute Gasteiger partial charge is 0.307 e. The van der Waals surface area contributed by atoms with Crippen molar-refractivity contribution in [3.8, 4) is 0 Å². The molecule has 2 aromatic rings. The van der Waals surface area contributed by atoms with Gasteiger partial charge in [0.05, 0.1) is 24.1 Å². The van der Waals surface area contributed by atoms with E-state index in [1.807, 2.05) is 26.1 Å². The molecule has 1 atom stereocenters. The summed E-state index contributed by atoms with van der Waals surface area (Å²) in [5, 5.41) is 3.22. The Hall–Kier alpha value is -2.08. The summed E-state index contributed by atoms with van der Waals surface area (Å²) in [6.45, 7) is 5.13. The second kappa shape index (κ2) is 7.04. The zero-order valence-corrected chi connectivity index (χ0v) is 15.1. The summed E-state index contributed by atoms with van der Waals surface area (Å²) < 4.78 is 0. The highest BCUT2D eigenvalue weighted by atomic mass is 15.2. The molecule has 1 unspecified atom stereocenters. The van der Waals surface area contributed by atoms with Crippen molar-refractivity contribution >= 4 is 11.8 Å². The molecule has 4 rings (SSSR count). The van der Waals surface area contributed by atoms with Gasteiger partial charge in [-0.25, -0.2) is 15.0 Å². The van der Waals surface area contributed by atoms with Crippen LogP contribution in [-0.2, 0) is 0 Å². The molecule has 132 valence electrons. The second-order valence-corrected chi connectivity index (χ2v) is 7.26. The van der Waals surface area contributed by atoms with E-state index in [2.05, 4.69) is 25.2 Å². The number of hydrogen-bond donors (Lipinski definition) is 1.